The maximum atomic E-state index is 10.7. The minimum absolute atomic E-state index is 0.271. The average Bonchev–Trinajstić information content (AvgIpc) is 3.10. The van der Waals surface area contributed by atoms with Crippen molar-refractivity contribution in [1.82, 2.24) is 0 Å². The fourth-order valence-electron chi connectivity index (χ4n) is 5.78. The number of rotatable bonds is 7. The van der Waals surface area contributed by atoms with E-state index in [2.05, 4.69) is 127 Å². The molecule has 210 valence electrons. The Morgan fingerprint density at radius 2 is 0.818 bits per heavy atom. The lowest BCUT2D eigenvalue weighted by Gasteiger charge is -2.17. The van der Waals surface area contributed by atoms with Crippen LogP contribution < -0.4 is 5.32 Å². The Bertz CT molecular complexity index is 2050. The van der Waals surface area contributed by atoms with Crippen molar-refractivity contribution in [1.29, 1.82) is 0 Å². The van der Waals surface area contributed by atoms with Crippen LogP contribution in [0.2, 0.25) is 0 Å². The highest BCUT2D eigenvalue weighted by Crippen LogP contribution is 2.41. The normalized spacial score (nSPS) is 10.8. The molecule has 0 amide bonds. The van der Waals surface area contributed by atoms with Gasteiger partial charge in [0.05, 0.1) is 0 Å². The number of benzene rings is 7. The van der Waals surface area contributed by atoms with Crippen molar-refractivity contribution in [2.45, 2.75) is 0 Å². The quantitative estimate of drug-likeness (QED) is 0.201. The summed E-state index contributed by atoms with van der Waals surface area (Å²) < 4.78 is 0. The van der Waals surface area contributed by atoms with Gasteiger partial charge >= 0.3 is 0 Å². The van der Waals surface area contributed by atoms with E-state index in [0.29, 0.717) is 0 Å². The molecule has 0 aromatic heterocycles. The Balaban J connectivity index is 1.35. The fraction of sp³-hybridized carbons (Fsp3) is 0. The van der Waals surface area contributed by atoms with Gasteiger partial charge in [-0.3, -0.25) is 0 Å². The van der Waals surface area contributed by atoms with Gasteiger partial charge in [0.25, 0.3) is 0 Å². The highest BCUT2D eigenvalue weighted by Gasteiger charge is 2.14. The molecular weight excluding hydrogens is 534 g/mol. The number of phenolic OH excluding ortho intramolecular Hbond substituents is 1. The van der Waals surface area contributed by atoms with Gasteiger partial charge in [-0.1, -0.05) is 133 Å². The molecule has 2 nitrogen and oxygen atoms in total. The van der Waals surface area contributed by atoms with E-state index in [0.717, 1.165) is 50.3 Å². The van der Waals surface area contributed by atoms with Gasteiger partial charge in [0.15, 0.2) is 0 Å². The lowest BCUT2D eigenvalue weighted by Crippen LogP contribution is -1.95. The van der Waals surface area contributed by atoms with E-state index in [1.807, 2.05) is 48.5 Å². The van der Waals surface area contributed by atoms with Crippen molar-refractivity contribution >= 4 is 11.4 Å². The van der Waals surface area contributed by atoms with Crippen molar-refractivity contribution in [3.8, 4) is 61.4 Å². The number of para-hydroxylation sites is 2. The molecular formula is C42H31NO. The molecule has 0 unspecified atom stereocenters. The van der Waals surface area contributed by atoms with E-state index in [9.17, 15) is 5.11 Å². The third kappa shape index (κ3) is 5.62. The van der Waals surface area contributed by atoms with Crippen molar-refractivity contribution in [2.75, 3.05) is 5.32 Å². The van der Waals surface area contributed by atoms with Gasteiger partial charge in [0.1, 0.15) is 5.75 Å². The molecule has 7 aromatic carbocycles. The van der Waals surface area contributed by atoms with E-state index in [4.69, 9.17) is 0 Å². The highest BCUT2D eigenvalue weighted by molar-refractivity contribution is 5.91. The van der Waals surface area contributed by atoms with Crippen LogP contribution in [-0.2, 0) is 0 Å². The molecule has 44 heavy (non-hydrogen) atoms. The molecule has 0 bridgehead atoms. The third-order valence-corrected chi connectivity index (χ3v) is 7.98. The lowest BCUT2D eigenvalue weighted by molar-refractivity contribution is 0.477. The van der Waals surface area contributed by atoms with Crippen LogP contribution in [0.5, 0.6) is 5.75 Å². The topological polar surface area (TPSA) is 32.3 Å². The van der Waals surface area contributed by atoms with Gasteiger partial charge in [-0.25, -0.2) is 0 Å². The minimum Gasteiger partial charge on any atom is -0.507 e. The van der Waals surface area contributed by atoms with E-state index in [1.165, 1.54) is 16.7 Å². The molecule has 0 saturated carbocycles. The predicted molar refractivity (Wildman–Crippen MR) is 185 cm³/mol. The van der Waals surface area contributed by atoms with Crippen LogP contribution in [-0.4, -0.2) is 5.11 Å². The zero-order valence-corrected chi connectivity index (χ0v) is 24.2. The SMILES string of the molecule is Oc1ccccc1-c1ccccc1-c1ccc(Nc2ccccc2)c(-c2cccc(-c3cccc(-c4ccccc4)c3)c2)c1. The summed E-state index contributed by atoms with van der Waals surface area (Å²) in [4.78, 5) is 0. The first-order valence-electron chi connectivity index (χ1n) is 14.8. The molecule has 0 heterocycles. The van der Waals surface area contributed by atoms with E-state index >= 15 is 0 Å². The number of nitrogens with one attached hydrogen (secondary N) is 1. The maximum absolute atomic E-state index is 10.7. The molecule has 0 saturated heterocycles. The average molecular weight is 566 g/mol. The van der Waals surface area contributed by atoms with E-state index < -0.39 is 0 Å². The van der Waals surface area contributed by atoms with Crippen LogP contribution in [0, 0.1) is 0 Å². The first kappa shape index (κ1) is 27.0. The molecule has 7 rings (SSSR count). The molecule has 0 spiro atoms. The zero-order valence-electron chi connectivity index (χ0n) is 24.2. The van der Waals surface area contributed by atoms with Gasteiger partial charge in [-0.15, -0.1) is 0 Å². The molecule has 0 fully saturated rings. The summed E-state index contributed by atoms with van der Waals surface area (Å²) in [7, 11) is 0. The fourth-order valence-corrected chi connectivity index (χ4v) is 5.78. The monoisotopic (exact) mass is 565 g/mol. The minimum atomic E-state index is 0.271. The molecule has 0 atom stereocenters. The van der Waals surface area contributed by atoms with Crippen molar-refractivity contribution in [2.24, 2.45) is 0 Å². The summed E-state index contributed by atoms with van der Waals surface area (Å²) in [5, 5.41) is 14.4. The second kappa shape index (κ2) is 12.2. The number of anilines is 2. The molecule has 0 aliphatic rings. The van der Waals surface area contributed by atoms with Crippen LogP contribution in [0.25, 0.3) is 55.6 Å². The third-order valence-electron chi connectivity index (χ3n) is 7.98. The second-order valence-corrected chi connectivity index (χ2v) is 10.8. The standard InChI is InChI=1S/C42H31NO/c44-42-24-10-9-23-39(42)38-22-8-7-21-37(38)35-25-26-41(43-36-19-5-2-6-20-36)40(29-35)34-18-12-17-33(28-34)32-16-11-15-31(27-32)30-13-3-1-4-14-30/h1-29,43-44H. The van der Waals surface area contributed by atoms with Crippen LogP contribution in [0.3, 0.4) is 0 Å². The molecule has 7 aromatic rings. The summed E-state index contributed by atoms with van der Waals surface area (Å²) in [6.45, 7) is 0. The Kier molecular flexibility index (Phi) is 7.47. The number of hydrogen-bond donors (Lipinski definition) is 2. The van der Waals surface area contributed by atoms with Gasteiger partial charge in [-0.05, 0) is 87.0 Å². The van der Waals surface area contributed by atoms with Gasteiger partial charge in [0, 0.05) is 22.5 Å². The summed E-state index contributed by atoms with van der Waals surface area (Å²) >= 11 is 0. The van der Waals surface area contributed by atoms with Crippen LogP contribution in [0.1, 0.15) is 0 Å². The van der Waals surface area contributed by atoms with Gasteiger partial charge in [0.2, 0.25) is 0 Å². The molecule has 0 radical (unpaired) electrons. The largest absolute Gasteiger partial charge is 0.507 e. The Labute approximate surface area is 258 Å². The Morgan fingerprint density at radius 1 is 0.318 bits per heavy atom. The Morgan fingerprint density at radius 3 is 1.52 bits per heavy atom. The number of hydrogen-bond acceptors (Lipinski definition) is 2. The van der Waals surface area contributed by atoms with Gasteiger partial charge < -0.3 is 10.4 Å². The molecule has 2 N–H and O–H groups in total. The molecule has 2 heteroatoms. The summed E-state index contributed by atoms with van der Waals surface area (Å²) in [5.74, 6) is 0.271. The number of aromatic hydroxyl groups is 1. The summed E-state index contributed by atoms with van der Waals surface area (Å²) in [5.41, 5.74) is 13.0. The van der Waals surface area contributed by atoms with Crippen molar-refractivity contribution < 1.29 is 5.11 Å². The van der Waals surface area contributed by atoms with Crippen LogP contribution >= 0.6 is 0 Å². The maximum Gasteiger partial charge on any atom is 0.123 e. The van der Waals surface area contributed by atoms with Gasteiger partial charge in [-0.2, -0.15) is 0 Å². The smallest absolute Gasteiger partial charge is 0.123 e. The zero-order chi connectivity index (χ0) is 29.7. The van der Waals surface area contributed by atoms with Crippen LogP contribution in [0.4, 0.5) is 11.4 Å². The molecule has 0 aliphatic heterocycles. The Hall–Kier alpha value is -5.86. The first-order chi connectivity index (χ1) is 21.7. The first-order valence-corrected chi connectivity index (χ1v) is 14.8. The van der Waals surface area contributed by atoms with Crippen LogP contribution in [0.15, 0.2) is 176 Å². The summed E-state index contributed by atoms with van der Waals surface area (Å²) in [6.07, 6.45) is 0. The second-order valence-electron chi connectivity index (χ2n) is 10.8. The predicted octanol–water partition coefficient (Wildman–Crippen LogP) is 11.5. The highest BCUT2D eigenvalue weighted by atomic mass is 16.3. The van der Waals surface area contributed by atoms with Crippen molar-refractivity contribution in [3.63, 3.8) is 0 Å². The van der Waals surface area contributed by atoms with E-state index in [-0.39, 0.29) is 5.75 Å². The lowest BCUT2D eigenvalue weighted by atomic mass is 9.90. The van der Waals surface area contributed by atoms with E-state index in [1.54, 1.807) is 6.07 Å². The number of phenols is 1. The summed E-state index contributed by atoms with van der Waals surface area (Å²) in [6, 6.07) is 60.6. The molecule has 0 aliphatic carbocycles. The van der Waals surface area contributed by atoms with Crippen molar-refractivity contribution in [3.05, 3.63) is 176 Å².